The molecule has 2 rings (SSSR count). The normalized spacial score (nSPS) is 11.4. The van der Waals surface area contributed by atoms with E-state index in [1.54, 1.807) is 17.8 Å². The van der Waals surface area contributed by atoms with Crippen molar-refractivity contribution in [3.8, 4) is 0 Å². The molecule has 3 nitrogen and oxygen atoms in total. The van der Waals surface area contributed by atoms with Crippen molar-refractivity contribution in [1.82, 2.24) is 0 Å². The molecule has 0 amide bonds. The SMILES string of the molecule is C=Cc1ccc(CSCCSCCSCc2cccc(S(=O)(=O)O)c2)cc1. The number of benzene rings is 2. The maximum absolute atomic E-state index is 11.1. The van der Waals surface area contributed by atoms with Crippen molar-refractivity contribution in [2.75, 3.05) is 23.0 Å². The predicted octanol–water partition coefficient (Wildman–Crippen LogP) is 5.48. The topological polar surface area (TPSA) is 54.4 Å². The molecule has 0 unspecified atom stereocenters. The van der Waals surface area contributed by atoms with Gasteiger partial charge in [0.15, 0.2) is 0 Å². The predicted molar refractivity (Wildman–Crippen MR) is 122 cm³/mol. The van der Waals surface area contributed by atoms with Gasteiger partial charge in [-0.2, -0.15) is 43.7 Å². The number of thioether (sulfide) groups is 3. The van der Waals surface area contributed by atoms with Gasteiger partial charge in [0.25, 0.3) is 10.1 Å². The molecule has 0 radical (unpaired) electrons. The van der Waals surface area contributed by atoms with E-state index < -0.39 is 10.1 Å². The quantitative estimate of drug-likeness (QED) is 0.349. The van der Waals surface area contributed by atoms with Gasteiger partial charge in [-0.1, -0.05) is 49.1 Å². The number of hydrogen-bond donors (Lipinski definition) is 1. The van der Waals surface area contributed by atoms with Crippen molar-refractivity contribution in [2.24, 2.45) is 0 Å². The fourth-order valence-corrected chi connectivity index (χ4v) is 6.04. The van der Waals surface area contributed by atoms with Crippen LogP contribution in [-0.2, 0) is 21.6 Å². The summed E-state index contributed by atoms with van der Waals surface area (Å²) in [5.41, 5.74) is 3.41. The highest BCUT2D eigenvalue weighted by Crippen LogP contribution is 2.19. The summed E-state index contributed by atoms with van der Waals surface area (Å²) in [4.78, 5) is -0.0360. The molecular formula is C20H24O3S4. The van der Waals surface area contributed by atoms with Gasteiger partial charge in [-0.25, -0.2) is 0 Å². The average molecular weight is 441 g/mol. The first-order chi connectivity index (χ1) is 13.0. The van der Waals surface area contributed by atoms with Gasteiger partial charge in [0.05, 0.1) is 4.90 Å². The van der Waals surface area contributed by atoms with Gasteiger partial charge >= 0.3 is 0 Å². The molecule has 2 aromatic carbocycles. The summed E-state index contributed by atoms with van der Waals surface area (Å²) in [6.07, 6.45) is 1.86. The summed E-state index contributed by atoms with van der Waals surface area (Å²) in [5, 5.41) is 0. The van der Waals surface area contributed by atoms with Crippen LogP contribution in [0.2, 0.25) is 0 Å². The van der Waals surface area contributed by atoms with Crippen LogP contribution in [0, 0.1) is 0 Å². The van der Waals surface area contributed by atoms with Crippen LogP contribution in [0.15, 0.2) is 60.0 Å². The van der Waals surface area contributed by atoms with Gasteiger partial charge in [-0.3, -0.25) is 4.55 Å². The maximum Gasteiger partial charge on any atom is 0.294 e. The molecule has 7 heteroatoms. The molecular weight excluding hydrogens is 416 g/mol. The second-order valence-corrected chi connectivity index (χ2v) is 10.6. The van der Waals surface area contributed by atoms with Gasteiger partial charge in [0.2, 0.25) is 0 Å². The highest BCUT2D eigenvalue weighted by Gasteiger charge is 2.09. The lowest BCUT2D eigenvalue weighted by Crippen LogP contribution is -1.98. The Bertz CT molecular complexity index is 817. The second kappa shape index (κ2) is 11.9. The molecule has 1 N–H and O–H groups in total. The van der Waals surface area contributed by atoms with E-state index in [0.29, 0.717) is 0 Å². The Balaban J connectivity index is 1.53. The van der Waals surface area contributed by atoms with Crippen LogP contribution in [0.1, 0.15) is 16.7 Å². The minimum Gasteiger partial charge on any atom is -0.282 e. The zero-order valence-electron chi connectivity index (χ0n) is 15.0. The lowest BCUT2D eigenvalue weighted by atomic mass is 10.1. The summed E-state index contributed by atoms with van der Waals surface area (Å²) in [5.74, 6) is 6.16. The van der Waals surface area contributed by atoms with Crippen molar-refractivity contribution < 1.29 is 13.0 Å². The summed E-state index contributed by atoms with van der Waals surface area (Å²) < 4.78 is 31.4. The van der Waals surface area contributed by atoms with Crippen molar-refractivity contribution in [3.63, 3.8) is 0 Å². The summed E-state index contributed by atoms with van der Waals surface area (Å²) in [7, 11) is -4.12. The molecule has 0 aromatic heterocycles. The Hall–Kier alpha value is -0.860. The van der Waals surface area contributed by atoms with Gasteiger partial charge < -0.3 is 0 Å². The van der Waals surface area contributed by atoms with E-state index in [9.17, 15) is 8.42 Å². The van der Waals surface area contributed by atoms with Crippen LogP contribution in [0.4, 0.5) is 0 Å². The van der Waals surface area contributed by atoms with Gasteiger partial charge in [-0.15, -0.1) is 0 Å². The van der Waals surface area contributed by atoms with Crippen LogP contribution < -0.4 is 0 Å². The number of hydrogen-bond acceptors (Lipinski definition) is 5. The molecule has 0 spiro atoms. The van der Waals surface area contributed by atoms with E-state index in [-0.39, 0.29) is 4.90 Å². The van der Waals surface area contributed by atoms with Crippen molar-refractivity contribution in [1.29, 1.82) is 0 Å². The van der Waals surface area contributed by atoms with E-state index in [4.69, 9.17) is 4.55 Å². The summed E-state index contributed by atoms with van der Waals surface area (Å²) in [6, 6.07) is 15.0. The molecule has 146 valence electrons. The van der Waals surface area contributed by atoms with Crippen LogP contribution >= 0.6 is 35.3 Å². The van der Waals surface area contributed by atoms with Crippen molar-refractivity contribution in [3.05, 3.63) is 71.8 Å². The smallest absolute Gasteiger partial charge is 0.282 e. The van der Waals surface area contributed by atoms with Crippen LogP contribution in [0.5, 0.6) is 0 Å². The Morgan fingerprint density at radius 3 is 2.04 bits per heavy atom. The molecule has 27 heavy (non-hydrogen) atoms. The largest absolute Gasteiger partial charge is 0.294 e. The fourth-order valence-electron chi connectivity index (χ4n) is 2.26. The van der Waals surface area contributed by atoms with Gasteiger partial charge in [0.1, 0.15) is 0 Å². The van der Waals surface area contributed by atoms with Gasteiger partial charge in [0, 0.05) is 34.5 Å². The monoisotopic (exact) mass is 440 g/mol. The van der Waals surface area contributed by atoms with E-state index in [1.165, 1.54) is 17.7 Å². The Kier molecular flexibility index (Phi) is 9.86. The first-order valence-corrected chi connectivity index (χ1v) is 13.4. The Morgan fingerprint density at radius 2 is 1.44 bits per heavy atom. The molecule has 0 fully saturated rings. The highest BCUT2D eigenvalue weighted by molar-refractivity contribution is 8.04. The third-order valence-electron chi connectivity index (χ3n) is 3.69. The molecule has 0 saturated carbocycles. The second-order valence-electron chi connectivity index (χ2n) is 5.79. The summed E-state index contributed by atoms with van der Waals surface area (Å²) in [6.45, 7) is 3.76. The fraction of sp³-hybridized carbons (Fsp3) is 0.300. The molecule has 0 saturated heterocycles. The first kappa shape index (κ1) is 22.4. The molecule has 0 heterocycles. The maximum atomic E-state index is 11.1. The molecule has 0 aliphatic carbocycles. The van der Waals surface area contributed by atoms with Gasteiger partial charge in [-0.05, 0) is 28.8 Å². The highest BCUT2D eigenvalue weighted by atomic mass is 32.2. The molecule has 0 aliphatic heterocycles. The number of rotatable bonds is 12. The molecule has 0 bridgehead atoms. The van der Waals surface area contributed by atoms with E-state index >= 15 is 0 Å². The average Bonchev–Trinajstić information content (AvgIpc) is 2.67. The zero-order valence-corrected chi connectivity index (χ0v) is 18.3. The third-order valence-corrected chi connectivity index (χ3v) is 8.11. The van der Waals surface area contributed by atoms with Crippen molar-refractivity contribution >= 4 is 51.5 Å². The summed E-state index contributed by atoms with van der Waals surface area (Å²) >= 11 is 5.67. The first-order valence-electron chi connectivity index (χ1n) is 8.50. The van der Waals surface area contributed by atoms with E-state index in [1.807, 2.05) is 35.7 Å². The third kappa shape index (κ3) is 8.79. The minimum absolute atomic E-state index is 0.0360. The lowest BCUT2D eigenvalue weighted by Gasteiger charge is -2.05. The van der Waals surface area contributed by atoms with Crippen LogP contribution in [0.25, 0.3) is 6.08 Å². The molecule has 0 aliphatic rings. The lowest BCUT2D eigenvalue weighted by molar-refractivity contribution is 0.483. The Morgan fingerprint density at radius 1 is 0.852 bits per heavy atom. The van der Waals surface area contributed by atoms with Crippen LogP contribution in [0.3, 0.4) is 0 Å². The van der Waals surface area contributed by atoms with E-state index in [0.717, 1.165) is 45.6 Å². The molecule has 0 atom stereocenters. The standard InChI is InChI=1S/C20H24O3S4/c1-2-17-6-8-18(9-7-17)15-25-12-10-24-11-13-26-16-19-4-3-5-20(14-19)27(21,22)23/h2-9,14H,1,10-13,15-16H2,(H,21,22,23). The van der Waals surface area contributed by atoms with Crippen LogP contribution in [-0.4, -0.2) is 36.0 Å². The Labute approximate surface area is 175 Å². The molecule has 2 aromatic rings. The van der Waals surface area contributed by atoms with Crippen molar-refractivity contribution in [2.45, 2.75) is 16.4 Å². The van der Waals surface area contributed by atoms with E-state index in [2.05, 4.69) is 30.8 Å². The minimum atomic E-state index is -4.12. The zero-order chi connectivity index (χ0) is 19.5.